The quantitative estimate of drug-likeness (QED) is 0.129. The summed E-state index contributed by atoms with van der Waals surface area (Å²) >= 11 is 0. The van der Waals surface area contributed by atoms with E-state index in [4.69, 9.17) is 0 Å². The van der Waals surface area contributed by atoms with Crippen molar-refractivity contribution in [3.63, 3.8) is 0 Å². The Morgan fingerprint density at radius 3 is 0.597 bits per heavy atom. The van der Waals surface area contributed by atoms with Gasteiger partial charge in [-0.3, -0.25) is 0 Å². The second-order valence-corrected chi connectivity index (χ2v) is 15.4. The van der Waals surface area contributed by atoms with Gasteiger partial charge >= 0.3 is 0 Å². The summed E-state index contributed by atoms with van der Waals surface area (Å²) in [6.07, 6.45) is 0. The minimum absolute atomic E-state index is 1.09. The lowest BCUT2D eigenvalue weighted by Crippen LogP contribution is -2.10. The molecular formula is C60H44N2. The zero-order valence-corrected chi connectivity index (χ0v) is 34.3. The van der Waals surface area contributed by atoms with Crippen molar-refractivity contribution in [2.45, 2.75) is 0 Å². The summed E-state index contributed by atoms with van der Waals surface area (Å²) in [7, 11) is 0. The molecule has 2 heteroatoms. The van der Waals surface area contributed by atoms with Crippen LogP contribution in [0, 0.1) is 0 Å². The van der Waals surface area contributed by atoms with E-state index in [9.17, 15) is 0 Å². The molecule has 0 bridgehead atoms. The molecule has 0 unspecified atom stereocenters. The van der Waals surface area contributed by atoms with E-state index in [0.717, 1.165) is 45.3 Å². The van der Waals surface area contributed by atoms with Crippen LogP contribution in [-0.4, -0.2) is 0 Å². The lowest BCUT2D eigenvalue weighted by atomic mass is 10.0. The zero-order valence-electron chi connectivity index (χ0n) is 34.3. The summed E-state index contributed by atoms with van der Waals surface area (Å²) in [6, 6.07) is 95.6. The van der Waals surface area contributed by atoms with Crippen LogP contribution in [0.2, 0.25) is 0 Å². The first-order chi connectivity index (χ1) is 30.7. The van der Waals surface area contributed by atoms with Crippen LogP contribution < -0.4 is 9.80 Å². The minimum atomic E-state index is 1.09. The molecule has 0 radical (unpaired) electrons. The molecule has 0 N–H and O–H groups in total. The number of hydrogen-bond donors (Lipinski definition) is 0. The molecule has 0 saturated carbocycles. The van der Waals surface area contributed by atoms with Gasteiger partial charge in [-0.05, 0) is 128 Å². The molecule has 10 aromatic carbocycles. The Labute approximate surface area is 364 Å². The number of benzene rings is 10. The summed E-state index contributed by atoms with van der Waals surface area (Å²) in [5.74, 6) is 0. The van der Waals surface area contributed by atoms with E-state index in [1.165, 1.54) is 44.5 Å². The summed E-state index contributed by atoms with van der Waals surface area (Å²) < 4.78 is 0. The molecule has 0 aliphatic carbocycles. The molecule has 294 valence electrons. The highest BCUT2D eigenvalue weighted by atomic mass is 15.1. The van der Waals surface area contributed by atoms with Crippen LogP contribution in [0.5, 0.6) is 0 Å². The van der Waals surface area contributed by atoms with Gasteiger partial charge in [0.25, 0.3) is 0 Å². The van der Waals surface area contributed by atoms with Gasteiger partial charge in [0.2, 0.25) is 0 Å². The maximum atomic E-state index is 2.36. The molecule has 0 heterocycles. The Morgan fingerprint density at radius 1 is 0.145 bits per heavy atom. The van der Waals surface area contributed by atoms with E-state index in [2.05, 4.69) is 277 Å². The van der Waals surface area contributed by atoms with E-state index in [-0.39, 0.29) is 0 Å². The monoisotopic (exact) mass is 792 g/mol. The SMILES string of the molecule is c1ccc(-c2cccc(N(c3ccc(-c4ccc(N(c5cccc(-c6ccccc6)c5)c5cccc(-c6ccccc6)c5)cc4)cc3)c3cccc(-c4ccccc4)c3)c2)cc1. The Balaban J connectivity index is 1.01. The summed E-state index contributed by atoms with van der Waals surface area (Å²) in [5, 5.41) is 0. The highest BCUT2D eigenvalue weighted by molar-refractivity contribution is 5.85. The third-order valence-corrected chi connectivity index (χ3v) is 11.4. The fourth-order valence-corrected chi connectivity index (χ4v) is 8.32. The first-order valence-corrected chi connectivity index (χ1v) is 21.2. The van der Waals surface area contributed by atoms with Crippen molar-refractivity contribution < 1.29 is 0 Å². The Morgan fingerprint density at radius 2 is 0.355 bits per heavy atom. The van der Waals surface area contributed by atoms with Gasteiger partial charge in [-0.25, -0.2) is 0 Å². The van der Waals surface area contributed by atoms with Gasteiger partial charge in [-0.2, -0.15) is 0 Å². The highest BCUT2D eigenvalue weighted by Crippen LogP contribution is 2.41. The Hall–Kier alpha value is -8.20. The highest BCUT2D eigenvalue weighted by Gasteiger charge is 2.17. The van der Waals surface area contributed by atoms with Crippen molar-refractivity contribution in [1.82, 2.24) is 0 Å². The Bertz CT molecular complexity index is 2660. The van der Waals surface area contributed by atoms with Gasteiger partial charge in [0, 0.05) is 34.1 Å². The van der Waals surface area contributed by atoms with Crippen molar-refractivity contribution in [3.8, 4) is 55.6 Å². The van der Waals surface area contributed by atoms with Crippen LogP contribution in [0.3, 0.4) is 0 Å². The van der Waals surface area contributed by atoms with Gasteiger partial charge in [-0.1, -0.05) is 194 Å². The third-order valence-electron chi connectivity index (χ3n) is 11.4. The predicted octanol–water partition coefficient (Wildman–Crippen LogP) is 17.0. The first-order valence-electron chi connectivity index (χ1n) is 21.2. The van der Waals surface area contributed by atoms with Gasteiger partial charge < -0.3 is 9.80 Å². The predicted molar refractivity (Wildman–Crippen MR) is 263 cm³/mol. The van der Waals surface area contributed by atoms with Crippen molar-refractivity contribution in [2.24, 2.45) is 0 Å². The largest absolute Gasteiger partial charge is 0.310 e. The molecule has 62 heavy (non-hydrogen) atoms. The van der Waals surface area contributed by atoms with Crippen molar-refractivity contribution in [3.05, 3.63) is 267 Å². The van der Waals surface area contributed by atoms with E-state index >= 15 is 0 Å². The lowest BCUT2D eigenvalue weighted by molar-refractivity contribution is 1.28. The van der Waals surface area contributed by atoms with E-state index in [0.29, 0.717) is 0 Å². The van der Waals surface area contributed by atoms with Crippen LogP contribution in [0.4, 0.5) is 34.1 Å². The van der Waals surface area contributed by atoms with Crippen molar-refractivity contribution in [2.75, 3.05) is 9.80 Å². The molecule has 0 aliphatic heterocycles. The van der Waals surface area contributed by atoms with Crippen LogP contribution in [0.25, 0.3) is 55.6 Å². The molecule has 0 aromatic heterocycles. The van der Waals surface area contributed by atoms with E-state index in [1.807, 2.05) is 0 Å². The topological polar surface area (TPSA) is 6.48 Å². The second-order valence-electron chi connectivity index (χ2n) is 15.4. The molecule has 0 spiro atoms. The zero-order chi connectivity index (χ0) is 41.5. The van der Waals surface area contributed by atoms with Crippen LogP contribution in [0.15, 0.2) is 267 Å². The summed E-state index contributed by atoms with van der Waals surface area (Å²) in [5.41, 5.74) is 18.4. The number of anilines is 6. The number of rotatable bonds is 11. The first kappa shape index (κ1) is 38.0. The van der Waals surface area contributed by atoms with Gasteiger partial charge in [0.1, 0.15) is 0 Å². The van der Waals surface area contributed by atoms with Crippen LogP contribution >= 0.6 is 0 Å². The van der Waals surface area contributed by atoms with Crippen molar-refractivity contribution >= 4 is 34.1 Å². The van der Waals surface area contributed by atoms with Crippen LogP contribution in [-0.2, 0) is 0 Å². The maximum Gasteiger partial charge on any atom is 0.0467 e. The van der Waals surface area contributed by atoms with Gasteiger partial charge in [-0.15, -0.1) is 0 Å². The smallest absolute Gasteiger partial charge is 0.0467 e. The normalized spacial score (nSPS) is 10.9. The van der Waals surface area contributed by atoms with Crippen LogP contribution in [0.1, 0.15) is 0 Å². The molecule has 0 atom stereocenters. The minimum Gasteiger partial charge on any atom is -0.310 e. The third kappa shape index (κ3) is 8.18. The molecule has 2 nitrogen and oxygen atoms in total. The van der Waals surface area contributed by atoms with Gasteiger partial charge in [0.15, 0.2) is 0 Å². The molecule has 0 saturated heterocycles. The lowest BCUT2D eigenvalue weighted by Gasteiger charge is -2.27. The second kappa shape index (κ2) is 17.6. The fourth-order valence-electron chi connectivity index (χ4n) is 8.32. The van der Waals surface area contributed by atoms with E-state index in [1.54, 1.807) is 0 Å². The summed E-state index contributed by atoms with van der Waals surface area (Å²) in [4.78, 5) is 4.72. The average molecular weight is 793 g/mol. The maximum absolute atomic E-state index is 2.36. The van der Waals surface area contributed by atoms with E-state index < -0.39 is 0 Å². The molecule has 10 rings (SSSR count). The molecule has 0 fully saturated rings. The standard InChI is InChI=1S/C60H44N2/c1-5-17-45(18-6-1)51-25-13-29-57(41-51)61(58-30-14-26-52(42-58)46-19-7-2-8-20-46)55-37-33-49(34-38-55)50-35-39-56(40-36-50)62(59-31-15-27-53(43-59)47-21-9-3-10-22-47)60-32-16-28-54(44-60)48-23-11-4-12-24-48/h1-44H. The van der Waals surface area contributed by atoms with Gasteiger partial charge in [0.05, 0.1) is 0 Å². The van der Waals surface area contributed by atoms with Crippen molar-refractivity contribution in [1.29, 1.82) is 0 Å². The molecular weight excluding hydrogens is 749 g/mol. The molecule has 10 aromatic rings. The number of nitrogens with zero attached hydrogens (tertiary/aromatic N) is 2. The average Bonchev–Trinajstić information content (AvgIpc) is 3.36. The molecule has 0 amide bonds. The Kier molecular flexibility index (Phi) is 10.8. The fraction of sp³-hybridized carbons (Fsp3) is 0. The number of hydrogen-bond acceptors (Lipinski definition) is 2. The molecule has 0 aliphatic rings. The summed E-state index contributed by atoms with van der Waals surface area (Å²) in [6.45, 7) is 0.